The van der Waals surface area contributed by atoms with Crippen molar-refractivity contribution < 1.29 is 0 Å². The fourth-order valence-electron chi connectivity index (χ4n) is 2.62. The highest BCUT2D eigenvalue weighted by Gasteiger charge is 2.12. The quantitative estimate of drug-likeness (QED) is 0.790. The lowest BCUT2D eigenvalue weighted by molar-refractivity contribution is 0.772. The molecule has 20 heavy (non-hydrogen) atoms. The number of aryl methyl sites for hydroxylation is 2. The van der Waals surface area contributed by atoms with Gasteiger partial charge in [0, 0.05) is 24.1 Å². The van der Waals surface area contributed by atoms with E-state index in [0.29, 0.717) is 5.69 Å². The first-order chi connectivity index (χ1) is 9.70. The summed E-state index contributed by atoms with van der Waals surface area (Å²) in [7, 11) is 1.97. The smallest absolute Gasteiger partial charge is 0.161 e. The van der Waals surface area contributed by atoms with Crippen LogP contribution in [0.3, 0.4) is 0 Å². The Bertz CT molecular complexity index is 802. The van der Waals surface area contributed by atoms with Crippen molar-refractivity contribution in [2.45, 2.75) is 19.8 Å². The summed E-state index contributed by atoms with van der Waals surface area (Å²) in [6.07, 6.45) is 3.78. The molecule has 0 aliphatic heterocycles. The molecule has 0 unspecified atom stereocenters. The fraction of sp³-hybridized carbons (Fsp3) is 0.250. The molecule has 0 aliphatic rings. The second kappa shape index (κ2) is 4.86. The number of hydrogen-bond donors (Lipinski definition) is 1. The fourth-order valence-corrected chi connectivity index (χ4v) is 2.62. The number of imidazole rings is 1. The first-order valence-electron chi connectivity index (χ1n) is 6.68. The van der Waals surface area contributed by atoms with Crippen LogP contribution in [0, 0.1) is 18.3 Å². The van der Waals surface area contributed by atoms with Crippen LogP contribution in [0.25, 0.3) is 10.9 Å². The Morgan fingerprint density at radius 1 is 1.30 bits per heavy atom. The number of rotatable bonds is 3. The summed E-state index contributed by atoms with van der Waals surface area (Å²) < 4.78 is 2.01. The minimum absolute atomic E-state index is 0.546. The topological polar surface area (TPSA) is 57.4 Å². The number of aromatic amines is 1. The second-order valence-electron chi connectivity index (χ2n) is 4.98. The van der Waals surface area contributed by atoms with Crippen molar-refractivity contribution in [1.82, 2.24) is 14.5 Å². The number of fused-ring (bicyclic) bond motifs is 1. The van der Waals surface area contributed by atoms with Crippen LogP contribution >= 0.6 is 0 Å². The van der Waals surface area contributed by atoms with E-state index in [4.69, 9.17) is 5.26 Å². The van der Waals surface area contributed by atoms with Crippen molar-refractivity contribution in [3.05, 3.63) is 53.2 Å². The van der Waals surface area contributed by atoms with Crippen molar-refractivity contribution in [2.24, 2.45) is 7.05 Å². The normalized spacial score (nSPS) is 10.8. The Labute approximate surface area is 117 Å². The third-order valence-corrected chi connectivity index (χ3v) is 3.85. The highest BCUT2D eigenvalue weighted by Crippen LogP contribution is 2.20. The number of aromatic nitrogens is 3. The number of nitriles is 1. The largest absolute Gasteiger partial charge is 0.361 e. The third-order valence-electron chi connectivity index (χ3n) is 3.85. The van der Waals surface area contributed by atoms with Gasteiger partial charge in [-0.3, -0.25) is 0 Å². The van der Waals surface area contributed by atoms with Crippen LogP contribution in [-0.4, -0.2) is 14.5 Å². The van der Waals surface area contributed by atoms with Gasteiger partial charge >= 0.3 is 0 Å². The molecule has 0 fully saturated rings. The van der Waals surface area contributed by atoms with Crippen LogP contribution in [0.4, 0.5) is 0 Å². The summed E-state index contributed by atoms with van der Waals surface area (Å²) in [6.45, 7) is 1.93. The number of hydrogen-bond acceptors (Lipinski definition) is 2. The molecule has 2 aromatic heterocycles. The highest BCUT2D eigenvalue weighted by atomic mass is 15.1. The maximum absolute atomic E-state index is 9.15. The summed E-state index contributed by atoms with van der Waals surface area (Å²) >= 11 is 0. The predicted molar refractivity (Wildman–Crippen MR) is 78.4 cm³/mol. The molecule has 2 heterocycles. The van der Waals surface area contributed by atoms with E-state index in [2.05, 4.69) is 40.4 Å². The molecule has 0 atom stereocenters. The molecule has 4 heteroatoms. The van der Waals surface area contributed by atoms with Crippen molar-refractivity contribution in [1.29, 1.82) is 5.26 Å². The van der Waals surface area contributed by atoms with E-state index < -0.39 is 0 Å². The van der Waals surface area contributed by atoms with E-state index in [0.717, 1.165) is 29.9 Å². The van der Waals surface area contributed by atoms with Crippen LogP contribution in [0.15, 0.2) is 30.5 Å². The van der Waals surface area contributed by atoms with E-state index in [-0.39, 0.29) is 0 Å². The highest BCUT2D eigenvalue weighted by molar-refractivity contribution is 5.83. The molecule has 1 aromatic carbocycles. The molecule has 3 rings (SSSR count). The summed E-state index contributed by atoms with van der Waals surface area (Å²) in [5.74, 6) is 0.885. The Hall–Kier alpha value is -2.54. The van der Waals surface area contributed by atoms with Crippen LogP contribution in [0.2, 0.25) is 0 Å². The van der Waals surface area contributed by atoms with Crippen molar-refractivity contribution in [3.63, 3.8) is 0 Å². The average Bonchev–Trinajstić information content (AvgIpc) is 3.00. The predicted octanol–water partition coefficient (Wildman–Crippen LogP) is 2.87. The van der Waals surface area contributed by atoms with Gasteiger partial charge in [-0.05, 0) is 31.4 Å². The van der Waals surface area contributed by atoms with Crippen molar-refractivity contribution >= 4 is 10.9 Å². The third kappa shape index (κ3) is 1.97. The molecule has 0 amide bonds. The molecular formula is C16H16N4. The van der Waals surface area contributed by atoms with Gasteiger partial charge in [-0.15, -0.1) is 0 Å². The van der Waals surface area contributed by atoms with Crippen LogP contribution in [-0.2, 0) is 19.9 Å². The number of benzene rings is 1. The van der Waals surface area contributed by atoms with E-state index in [1.807, 2.05) is 24.6 Å². The summed E-state index contributed by atoms with van der Waals surface area (Å²) in [5.41, 5.74) is 3.99. The molecule has 3 aromatic rings. The number of para-hydroxylation sites is 1. The average molecular weight is 264 g/mol. The second-order valence-corrected chi connectivity index (χ2v) is 4.98. The number of nitrogens with one attached hydrogen (secondary N) is 1. The Morgan fingerprint density at radius 2 is 2.10 bits per heavy atom. The molecule has 0 spiro atoms. The zero-order chi connectivity index (χ0) is 14.1. The van der Waals surface area contributed by atoms with E-state index in [9.17, 15) is 0 Å². The van der Waals surface area contributed by atoms with Crippen LogP contribution in [0.5, 0.6) is 0 Å². The lowest BCUT2D eigenvalue weighted by Crippen LogP contribution is -2.01. The van der Waals surface area contributed by atoms with Crippen LogP contribution in [0.1, 0.15) is 22.8 Å². The van der Waals surface area contributed by atoms with Gasteiger partial charge in [-0.2, -0.15) is 5.26 Å². The first-order valence-corrected chi connectivity index (χ1v) is 6.68. The zero-order valence-corrected chi connectivity index (χ0v) is 11.6. The summed E-state index contributed by atoms with van der Waals surface area (Å²) in [4.78, 5) is 7.57. The number of H-pyrrole nitrogens is 1. The zero-order valence-electron chi connectivity index (χ0n) is 11.6. The Kier molecular flexibility index (Phi) is 3.03. The molecule has 4 nitrogen and oxygen atoms in total. The maximum Gasteiger partial charge on any atom is 0.161 e. The molecule has 0 bridgehead atoms. The Morgan fingerprint density at radius 3 is 2.90 bits per heavy atom. The van der Waals surface area contributed by atoms with Gasteiger partial charge in [0.25, 0.3) is 0 Å². The van der Waals surface area contributed by atoms with Gasteiger partial charge in [0.2, 0.25) is 0 Å². The maximum atomic E-state index is 9.15. The van der Waals surface area contributed by atoms with Crippen molar-refractivity contribution in [3.8, 4) is 6.07 Å². The minimum atomic E-state index is 0.546. The summed E-state index contributed by atoms with van der Waals surface area (Å²) in [6, 6.07) is 10.5. The molecule has 100 valence electrons. The lowest BCUT2D eigenvalue weighted by atomic mass is 10.1. The Balaban J connectivity index is 1.89. The van der Waals surface area contributed by atoms with Gasteiger partial charge in [-0.1, -0.05) is 18.2 Å². The molecule has 0 aliphatic carbocycles. The minimum Gasteiger partial charge on any atom is -0.361 e. The lowest BCUT2D eigenvalue weighted by Gasteiger charge is -2.04. The van der Waals surface area contributed by atoms with Gasteiger partial charge < -0.3 is 9.55 Å². The van der Waals surface area contributed by atoms with E-state index >= 15 is 0 Å². The van der Waals surface area contributed by atoms with Gasteiger partial charge in [0.15, 0.2) is 5.69 Å². The molecule has 1 N–H and O–H groups in total. The van der Waals surface area contributed by atoms with Gasteiger partial charge in [0.05, 0.1) is 5.69 Å². The molecular weight excluding hydrogens is 248 g/mol. The molecule has 0 saturated carbocycles. The van der Waals surface area contributed by atoms with E-state index in [1.54, 1.807) is 0 Å². The standard InChI is InChI=1S/C16H16N4/c1-11-19-15(9-17)16(20(11)2)8-7-12-10-18-14-6-4-3-5-13(12)14/h3-6,10,18H,7-8H2,1-2H3. The molecule has 0 radical (unpaired) electrons. The van der Waals surface area contributed by atoms with Gasteiger partial charge in [0.1, 0.15) is 11.9 Å². The van der Waals surface area contributed by atoms with Crippen molar-refractivity contribution in [2.75, 3.05) is 0 Å². The first kappa shape index (κ1) is 12.5. The van der Waals surface area contributed by atoms with Crippen LogP contribution < -0.4 is 0 Å². The van der Waals surface area contributed by atoms with Gasteiger partial charge in [-0.25, -0.2) is 4.98 Å². The molecule has 0 saturated heterocycles. The summed E-state index contributed by atoms with van der Waals surface area (Å²) in [5, 5.41) is 10.4. The number of nitrogens with zero attached hydrogens (tertiary/aromatic N) is 3. The SMILES string of the molecule is Cc1nc(C#N)c(CCc2c[nH]c3ccccc23)n1C. The van der Waals surface area contributed by atoms with E-state index in [1.165, 1.54) is 10.9 Å². The monoisotopic (exact) mass is 264 g/mol.